The number of nitrogens with zero attached hydrogens (tertiary/aromatic N) is 6. The van der Waals surface area contributed by atoms with Crippen LogP contribution in [0.3, 0.4) is 0 Å². The molecule has 1 N–H and O–H groups in total. The number of rotatable bonds is 11. The zero-order valence-corrected chi connectivity index (χ0v) is 21.9. The van der Waals surface area contributed by atoms with Gasteiger partial charge in [-0.2, -0.15) is 10.3 Å². The van der Waals surface area contributed by atoms with Crippen molar-refractivity contribution < 1.29 is 9.47 Å². The molecule has 0 aliphatic heterocycles. The Hall–Kier alpha value is -3.43. The molecule has 4 rings (SSSR count). The number of aromatic amines is 1. The summed E-state index contributed by atoms with van der Waals surface area (Å²) in [7, 11) is 0. The lowest BCUT2D eigenvalue weighted by atomic mass is 9.98. The van der Waals surface area contributed by atoms with Gasteiger partial charge in [-0.1, -0.05) is 55.5 Å². The lowest BCUT2D eigenvalue weighted by molar-refractivity contribution is -0.271. The van der Waals surface area contributed by atoms with E-state index in [9.17, 15) is 0 Å². The highest BCUT2D eigenvalue weighted by Crippen LogP contribution is 2.31. The van der Waals surface area contributed by atoms with E-state index < -0.39 is 5.79 Å². The average Bonchev–Trinajstić information content (AvgIpc) is 3.50. The van der Waals surface area contributed by atoms with Gasteiger partial charge in [0.15, 0.2) is 0 Å². The Morgan fingerprint density at radius 3 is 2.19 bits per heavy atom. The van der Waals surface area contributed by atoms with Gasteiger partial charge in [-0.05, 0) is 62.9 Å². The van der Waals surface area contributed by atoms with E-state index in [1.54, 1.807) is 0 Å². The van der Waals surface area contributed by atoms with Crippen LogP contribution >= 0.6 is 0 Å². The van der Waals surface area contributed by atoms with E-state index in [1.807, 2.05) is 57.5 Å². The molecule has 0 aliphatic rings. The molecule has 4 aromatic rings. The number of nitrogens with one attached hydrogen (secondary N) is 1. The van der Waals surface area contributed by atoms with Crippen molar-refractivity contribution >= 4 is 0 Å². The molecule has 36 heavy (non-hydrogen) atoms. The van der Waals surface area contributed by atoms with Crippen molar-refractivity contribution in [3.05, 3.63) is 65.7 Å². The molecule has 190 valence electrons. The van der Waals surface area contributed by atoms with E-state index in [4.69, 9.17) is 19.6 Å². The average molecular weight is 490 g/mol. The van der Waals surface area contributed by atoms with E-state index in [0.717, 1.165) is 41.0 Å². The van der Waals surface area contributed by atoms with Crippen LogP contribution in [0.2, 0.25) is 0 Å². The van der Waals surface area contributed by atoms with Gasteiger partial charge in [-0.25, -0.2) is 9.67 Å². The van der Waals surface area contributed by atoms with Crippen molar-refractivity contribution in [2.24, 2.45) is 0 Å². The Morgan fingerprint density at radius 2 is 1.61 bits per heavy atom. The molecule has 0 fully saturated rings. The topological polar surface area (TPSA) is 104 Å². The second-order valence-electron chi connectivity index (χ2n) is 9.51. The first-order chi connectivity index (χ1) is 17.3. The normalized spacial score (nSPS) is 12.1. The molecule has 0 saturated carbocycles. The quantitative estimate of drug-likeness (QED) is 0.291. The summed E-state index contributed by atoms with van der Waals surface area (Å²) in [5.41, 5.74) is 4.21. The van der Waals surface area contributed by atoms with E-state index in [0.29, 0.717) is 18.1 Å². The highest BCUT2D eigenvalue weighted by molar-refractivity contribution is 5.80. The van der Waals surface area contributed by atoms with Gasteiger partial charge in [0.25, 0.3) is 0 Å². The largest absolute Gasteiger partial charge is 0.341 e. The van der Waals surface area contributed by atoms with Crippen LogP contribution in [0, 0.1) is 0 Å². The van der Waals surface area contributed by atoms with Crippen molar-refractivity contribution in [1.82, 2.24) is 35.4 Å². The van der Waals surface area contributed by atoms with Crippen LogP contribution in [0.5, 0.6) is 0 Å². The summed E-state index contributed by atoms with van der Waals surface area (Å²) in [6.07, 6.45) is 1.55. The molecule has 9 nitrogen and oxygen atoms in total. The fourth-order valence-corrected chi connectivity index (χ4v) is 4.31. The van der Waals surface area contributed by atoms with Crippen LogP contribution in [0.25, 0.3) is 22.5 Å². The number of H-pyrrole nitrogens is 1. The molecular weight excluding hydrogens is 454 g/mol. The van der Waals surface area contributed by atoms with Gasteiger partial charge in [0.2, 0.25) is 17.4 Å². The van der Waals surface area contributed by atoms with Gasteiger partial charge >= 0.3 is 0 Å². The zero-order valence-electron chi connectivity index (χ0n) is 21.9. The maximum Gasteiger partial charge on any atom is 0.229 e. The molecule has 9 heteroatoms. The number of benzene rings is 2. The number of tetrazole rings is 1. The Kier molecular flexibility index (Phi) is 7.91. The predicted octanol–water partition coefficient (Wildman–Crippen LogP) is 5.15. The minimum absolute atomic E-state index is 0.0294. The van der Waals surface area contributed by atoms with Gasteiger partial charge in [-0.3, -0.25) is 0 Å². The Labute approximate surface area is 212 Å². The highest BCUT2D eigenvalue weighted by atomic mass is 16.7. The second kappa shape index (κ2) is 11.1. The Balaban J connectivity index is 1.61. The molecule has 0 unspecified atom stereocenters. The smallest absolute Gasteiger partial charge is 0.229 e. The van der Waals surface area contributed by atoms with E-state index in [2.05, 4.69) is 57.9 Å². The van der Waals surface area contributed by atoms with Crippen LogP contribution in [0.4, 0.5) is 0 Å². The Bertz CT molecular complexity index is 1240. The Morgan fingerprint density at radius 1 is 0.944 bits per heavy atom. The minimum atomic E-state index is -1.02. The predicted molar refractivity (Wildman–Crippen MR) is 138 cm³/mol. The lowest BCUT2D eigenvalue weighted by Gasteiger charge is -2.31. The first-order valence-electron chi connectivity index (χ1n) is 12.5. The van der Waals surface area contributed by atoms with Crippen LogP contribution < -0.4 is 0 Å². The third-order valence-corrected chi connectivity index (χ3v) is 5.65. The highest BCUT2D eigenvalue weighted by Gasteiger charge is 2.36. The molecule has 2 aromatic heterocycles. The fraction of sp³-hybridized carbons (Fsp3) is 0.444. The molecule has 0 spiro atoms. The van der Waals surface area contributed by atoms with E-state index in [1.165, 1.54) is 0 Å². The summed E-state index contributed by atoms with van der Waals surface area (Å²) in [5.74, 6) is 1.00. The third kappa shape index (κ3) is 5.85. The molecule has 0 bridgehead atoms. The standard InChI is InChI=1S/C27H35N7O2/c1-7-16-34-24(28-26(31-34)27(6,35-18(2)3)36-19(4)5)17-20-12-14-21(15-13-20)22-10-8-9-11-23(22)25-29-32-33-30-25/h8-15,18-19H,7,16-17H2,1-6H3,(H,29,30,32,33). The fourth-order valence-electron chi connectivity index (χ4n) is 4.31. The van der Waals surface area contributed by atoms with E-state index in [-0.39, 0.29) is 12.2 Å². The molecule has 0 atom stereocenters. The first-order valence-corrected chi connectivity index (χ1v) is 12.5. The van der Waals surface area contributed by atoms with Crippen LogP contribution in [-0.4, -0.2) is 47.6 Å². The molecule has 2 heterocycles. The summed E-state index contributed by atoms with van der Waals surface area (Å²) in [5, 5.41) is 19.3. The van der Waals surface area contributed by atoms with Crippen molar-refractivity contribution in [2.75, 3.05) is 0 Å². The maximum absolute atomic E-state index is 6.16. The van der Waals surface area contributed by atoms with Crippen molar-refractivity contribution in [2.45, 2.75) is 78.9 Å². The molecule has 0 radical (unpaired) electrons. The molecular formula is C27H35N7O2. The van der Waals surface area contributed by atoms with Crippen molar-refractivity contribution in [3.63, 3.8) is 0 Å². The summed E-state index contributed by atoms with van der Waals surface area (Å²) < 4.78 is 14.3. The number of aromatic nitrogens is 7. The number of ether oxygens (including phenoxy) is 2. The summed E-state index contributed by atoms with van der Waals surface area (Å²) in [6.45, 7) is 12.8. The van der Waals surface area contributed by atoms with Crippen LogP contribution in [0.1, 0.15) is 65.2 Å². The maximum atomic E-state index is 6.16. The van der Waals surface area contributed by atoms with Gasteiger partial charge in [0.05, 0.1) is 12.2 Å². The minimum Gasteiger partial charge on any atom is -0.341 e. The van der Waals surface area contributed by atoms with Crippen molar-refractivity contribution in [3.8, 4) is 22.5 Å². The SMILES string of the molecule is CCCn1nc(C(C)(OC(C)C)OC(C)C)nc1Cc1ccc(-c2ccccc2-c2nn[nH]n2)cc1. The summed E-state index contributed by atoms with van der Waals surface area (Å²) in [6, 6.07) is 16.5. The van der Waals surface area contributed by atoms with Gasteiger partial charge in [0, 0.05) is 18.5 Å². The molecule has 2 aromatic carbocycles. The number of hydrogen-bond acceptors (Lipinski definition) is 7. The van der Waals surface area contributed by atoms with Gasteiger partial charge in [-0.15, -0.1) is 10.2 Å². The second-order valence-corrected chi connectivity index (χ2v) is 9.51. The lowest BCUT2D eigenvalue weighted by Crippen LogP contribution is -2.36. The van der Waals surface area contributed by atoms with Crippen LogP contribution in [0.15, 0.2) is 48.5 Å². The van der Waals surface area contributed by atoms with Crippen molar-refractivity contribution in [1.29, 1.82) is 0 Å². The molecule has 0 saturated heterocycles. The van der Waals surface area contributed by atoms with Crippen LogP contribution in [-0.2, 0) is 28.2 Å². The summed E-state index contributed by atoms with van der Waals surface area (Å²) in [4.78, 5) is 4.91. The first kappa shape index (κ1) is 25.7. The number of aryl methyl sites for hydroxylation is 1. The van der Waals surface area contributed by atoms with E-state index >= 15 is 0 Å². The zero-order chi connectivity index (χ0) is 25.7. The molecule has 0 amide bonds. The third-order valence-electron chi connectivity index (χ3n) is 5.65. The van der Waals surface area contributed by atoms with Gasteiger partial charge in [0.1, 0.15) is 5.82 Å². The van der Waals surface area contributed by atoms with Gasteiger partial charge < -0.3 is 9.47 Å². The monoisotopic (exact) mass is 489 g/mol. The number of hydrogen-bond donors (Lipinski definition) is 1. The molecule has 0 aliphatic carbocycles. The summed E-state index contributed by atoms with van der Waals surface area (Å²) >= 11 is 0.